The van der Waals surface area contributed by atoms with Crippen molar-refractivity contribution in [3.05, 3.63) is 66.6 Å². The summed E-state index contributed by atoms with van der Waals surface area (Å²) in [5.74, 6) is 2.39. The molecule has 1 aliphatic rings. The van der Waals surface area contributed by atoms with E-state index < -0.39 is 0 Å². The third kappa shape index (κ3) is 4.66. The summed E-state index contributed by atoms with van der Waals surface area (Å²) in [6.45, 7) is 10.2. The molecule has 1 N–H and O–H groups in total. The number of anilines is 3. The van der Waals surface area contributed by atoms with Crippen molar-refractivity contribution in [1.29, 1.82) is 0 Å². The first-order chi connectivity index (χ1) is 15.0. The number of hydrogen-bond donors (Lipinski definition) is 1. The SMILES string of the molecule is C=C(Nc1cc(CC)ncn1)N1CCCCN(C)c2ccc(-c3ccc(C)nc3)nc21. The van der Waals surface area contributed by atoms with Crippen LogP contribution in [0.2, 0.25) is 0 Å². The Bertz CT molecular complexity index is 1060. The molecular formula is C24H29N7. The second-order valence-electron chi connectivity index (χ2n) is 7.83. The highest BCUT2D eigenvalue weighted by molar-refractivity contribution is 5.74. The van der Waals surface area contributed by atoms with E-state index in [0.29, 0.717) is 0 Å². The zero-order valence-corrected chi connectivity index (χ0v) is 18.5. The smallest absolute Gasteiger partial charge is 0.158 e. The van der Waals surface area contributed by atoms with Gasteiger partial charge in [-0.25, -0.2) is 15.0 Å². The van der Waals surface area contributed by atoms with Gasteiger partial charge >= 0.3 is 0 Å². The average molecular weight is 416 g/mol. The predicted molar refractivity (Wildman–Crippen MR) is 126 cm³/mol. The summed E-state index contributed by atoms with van der Waals surface area (Å²) in [5.41, 5.74) is 4.97. The molecule has 3 aromatic rings. The highest BCUT2D eigenvalue weighted by Crippen LogP contribution is 2.34. The lowest BCUT2D eigenvalue weighted by Gasteiger charge is -2.33. The molecule has 0 fully saturated rings. The molecule has 0 saturated carbocycles. The van der Waals surface area contributed by atoms with Crippen LogP contribution in [-0.2, 0) is 6.42 Å². The van der Waals surface area contributed by atoms with Gasteiger partial charge in [0.2, 0.25) is 0 Å². The maximum Gasteiger partial charge on any atom is 0.158 e. The second-order valence-corrected chi connectivity index (χ2v) is 7.83. The molecule has 0 bridgehead atoms. The summed E-state index contributed by atoms with van der Waals surface area (Å²) in [7, 11) is 2.12. The summed E-state index contributed by atoms with van der Waals surface area (Å²) < 4.78 is 0. The molecule has 4 rings (SSSR count). The van der Waals surface area contributed by atoms with E-state index in [1.807, 2.05) is 25.3 Å². The first-order valence-corrected chi connectivity index (χ1v) is 10.7. The van der Waals surface area contributed by atoms with Gasteiger partial charge in [0.15, 0.2) is 5.82 Å². The number of nitrogens with zero attached hydrogens (tertiary/aromatic N) is 6. The van der Waals surface area contributed by atoms with Crippen LogP contribution in [-0.4, -0.2) is 40.1 Å². The largest absolute Gasteiger partial charge is 0.372 e. The summed E-state index contributed by atoms with van der Waals surface area (Å²) in [4.78, 5) is 22.5. The maximum absolute atomic E-state index is 5.05. The van der Waals surface area contributed by atoms with Crippen LogP contribution in [0.3, 0.4) is 0 Å². The Hall–Kier alpha value is -3.48. The van der Waals surface area contributed by atoms with Crippen molar-refractivity contribution >= 4 is 17.3 Å². The molecule has 1 aliphatic heterocycles. The van der Waals surface area contributed by atoms with Gasteiger partial charge in [-0.3, -0.25) is 4.98 Å². The van der Waals surface area contributed by atoms with Crippen LogP contribution in [0.1, 0.15) is 31.2 Å². The second kappa shape index (κ2) is 9.12. The molecule has 0 spiro atoms. The van der Waals surface area contributed by atoms with Crippen LogP contribution in [0.5, 0.6) is 0 Å². The van der Waals surface area contributed by atoms with Crippen molar-refractivity contribution in [3.8, 4) is 11.3 Å². The van der Waals surface area contributed by atoms with E-state index in [2.05, 4.69) is 68.8 Å². The lowest BCUT2D eigenvalue weighted by molar-refractivity contribution is 0.687. The lowest BCUT2D eigenvalue weighted by atomic mass is 10.1. The van der Waals surface area contributed by atoms with Gasteiger partial charge in [-0.1, -0.05) is 13.5 Å². The van der Waals surface area contributed by atoms with E-state index in [1.54, 1.807) is 6.33 Å². The molecule has 0 atom stereocenters. The number of aryl methyl sites for hydroxylation is 2. The maximum atomic E-state index is 5.05. The predicted octanol–water partition coefficient (Wildman–Crippen LogP) is 4.42. The number of pyridine rings is 2. The van der Waals surface area contributed by atoms with Crippen molar-refractivity contribution in [2.24, 2.45) is 0 Å². The number of nitrogens with one attached hydrogen (secondary N) is 1. The van der Waals surface area contributed by atoms with Gasteiger partial charge in [-0.2, -0.15) is 0 Å². The number of fused-ring (bicyclic) bond motifs is 1. The fourth-order valence-corrected chi connectivity index (χ4v) is 3.70. The van der Waals surface area contributed by atoms with E-state index in [4.69, 9.17) is 4.98 Å². The van der Waals surface area contributed by atoms with Crippen LogP contribution >= 0.6 is 0 Å². The third-order valence-electron chi connectivity index (χ3n) is 5.54. The molecule has 31 heavy (non-hydrogen) atoms. The topological polar surface area (TPSA) is 70.1 Å². The van der Waals surface area contributed by atoms with Gasteiger partial charge in [0.25, 0.3) is 0 Å². The molecule has 4 heterocycles. The minimum Gasteiger partial charge on any atom is -0.372 e. The van der Waals surface area contributed by atoms with E-state index in [-0.39, 0.29) is 0 Å². The van der Waals surface area contributed by atoms with E-state index >= 15 is 0 Å². The molecule has 7 heteroatoms. The van der Waals surface area contributed by atoms with E-state index in [0.717, 1.165) is 78.1 Å². The number of aromatic nitrogens is 4. The van der Waals surface area contributed by atoms with E-state index in [1.165, 1.54) is 0 Å². The summed E-state index contributed by atoms with van der Waals surface area (Å²) in [5, 5.41) is 3.37. The number of rotatable bonds is 5. The quantitative estimate of drug-likeness (QED) is 0.661. The van der Waals surface area contributed by atoms with Gasteiger partial charge in [0.05, 0.1) is 11.4 Å². The molecule has 0 saturated heterocycles. The Morgan fingerprint density at radius 3 is 2.71 bits per heavy atom. The summed E-state index contributed by atoms with van der Waals surface area (Å²) >= 11 is 0. The number of hydrogen-bond acceptors (Lipinski definition) is 7. The van der Waals surface area contributed by atoms with Crippen molar-refractivity contribution in [3.63, 3.8) is 0 Å². The van der Waals surface area contributed by atoms with Gasteiger partial charge in [-0.05, 0) is 50.5 Å². The van der Waals surface area contributed by atoms with Crippen molar-refractivity contribution < 1.29 is 0 Å². The fraction of sp³-hybridized carbons (Fsp3) is 0.333. The molecule has 160 valence electrons. The Balaban J connectivity index is 1.70. The molecule has 0 amide bonds. The molecule has 7 nitrogen and oxygen atoms in total. The highest BCUT2D eigenvalue weighted by Gasteiger charge is 2.22. The van der Waals surface area contributed by atoms with Crippen LogP contribution in [0.25, 0.3) is 11.3 Å². The average Bonchev–Trinajstić information content (AvgIpc) is 2.78. The minimum absolute atomic E-state index is 0.743. The highest BCUT2D eigenvalue weighted by atomic mass is 15.3. The van der Waals surface area contributed by atoms with Gasteiger partial charge in [0, 0.05) is 49.4 Å². The molecule has 3 aromatic heterocycles. The monoisotopic (exact) mass is 415 g/mol. The lowest BCUT2D eigenvalue weighted by Crippen LogP contribution is -2.33. The Labute approximate surface area is 183 Å². The zero-order valence-electron chi connectivity index (χ0n) is 18.5. The molecule has 0 aromatic carbocycles. The van der Waals surface area contributed by atoms with Gasteiger partial charge < -0.3 is 15.1 Å². The Kier molecular flexibility index (Phi) is 6.11. The minimum atomic E-state index is 0.743. The van der Waals surface area contributed by atoms with E-state index in [9.17, 15) is 0 Å². The Morgan fingerprint density at radius 2 is 1.94 bits per heavy atom. The van der Waals surface area contributed by atoms with Crippen molar-refractivity contribution in [2.75, 3.05) is 35.3 Å². The van der Waals surface area contributed by atoms with Gasteiger partial charge in [-0.15, -0.1) is 0 Å². The Morgan fingerprint density at radius 1 is 1.10 bits per heavy atom. The van der Waals surface area contributed by atoms with Crippen LogP contribution in [0, 0.1) is 6.92 Å². The van der Waals surface area contributed by atoms with Crippen molar-refractivity contribution in [1.82, 2.24) is 19.9 Å². The first-order valence-electron chi connectivity index (χ1n) is 10.7. The standard InChI is InChI=1S/C24H29N7/c1-5-20-14-23(27-16-26-20)28-18(3)31-13-7-6-12-30(4)22-11-10-21(29-24(22)31)19-9-8-17(2)25-15-19/h8-11,14-16H,3,5-7,12-13H2,1-2,4H3,(H,26,27,28). The third-order valence-corrected chi connectivity index (χ3v) is 5.54. The molecular weight excluding hydrogens is 386 g/mol. The van der Waals surface area contributed by atoms with Crippen molar-refractivity contribution in [2.45, 2.75) is 33.1 Å². The van der Waals surface area contributed by atoms with Gasteiger partial charge in [0.1, 0.15) is 18.0 Å². The normalized spacial score (nSPS) is 13.9. The fourth-order valence-electron chi connectivity index (χ4n) is 3.70. The van der Waals surface area contributed by atoms with Crippen LogP contribution in [0.4, 0.5) is 17.3 Å². The summed E-state index contributed by atoms with van der Waals surface area (Å²) in [6.07, 6.45) is 6.48. The molecule has 0 radical (unpaired) electrons. The zero-order chi connectivity index (χ0) is 21.8. The molecule has 0 unspecified atom stereocenters. The van der Waals surface area contributed by atoms with Crippen LogP contribution < -0.4 is 15.1 Å². The summed E-state index contributed by atoms with van der Waals surface area (Å²) in [6, 6.07) is 10.2. The van der Waals surface area contributed by atoms with Crippen LogP contribution in [0.15, 0.2) is 55.3 Å². The first kappa shape index (κ1) is 20.8. The molecule has 0 aliphatic carbocycles.